The maximum atomic E-state index is 10.5. The lowest BCUT2D eigenvalue weighted by atomic mass is 10.2. The quantitative estimate of drug-likeness (QED) is 0.528. The third kappa shape index (κ3) is 3.57. The summed E-state index contributed by atoms with van der Waals surface area (Å²) in [4.78, 5) is 10.1. The van der Waals surface area contributed by atoms with Crippen LogP contribution in [0, 0.1) is 22.0 Å². The van der Waals surface area contributed by atoms with E-state index in [0.717, 1.165) is 5.56 Å². The molecule has 5 heteroatoms. The van der Waals surface area contributed by atoms with Gasteiger partial charge in [0.15, 0.2) is 0 Å². The van der Waals surface area contributed by atoms with Crippen molar-refractivity contribution < 1.29 is 14.8 Å². The van der Waals surface area contributed by atoms with Crippen molar-refractivity contribution in [3.63, 3.8) is 0 Å². The van der Waals surface area contributed by atoms with E-state index >= 15 is 0 Å². The van der Waals surface area contributed by atoms with Crippen LogP contribution in [-0.4, -0.2) is 16.6 Å². The van der Waals surface area contributed by atoms with Gasteiger partial charge in [0.1, 0.15) is 18.1 Å². The molecular weight excluding hydrogens is 258 g/mol. The highest BCUT2D eigenvalue weighted by Crippen LogP contribution is 2.23. The number of hydrogen-bond donors (Lipinski definition) is 1. The predicted octanol–water partition coefficient (Wildman–Crippen LogP) is 2.73. The first-order chi connectivity index (χ1) is 9.69. The summed E-state index contributed by atoms with van der Waals surface area (Å²) < 4.78 is 5.55. The number of rotatable bonds is 3. The van der Waals surface area contributed by atoms with Crippen LogP contribution in [0.1, 0.15) is 5.56 Å². The molecule has 0 atom stereocenters. The summed E-state index contributed by atoms with van der Waals surface area (Å²) in [7, 11) is 0. The van der Waals surface area contributed by atoms with Crippen LogP contribution in [0.5, 0.6) is 11.5 Å². The Hall–Kier alpha value is -2.84. The van der Waals surface area contributed by atoms with E-state index in [4.69, 9.17) is 9.84 Å². The van der Waals surface area contributed by atoms with Crippen molar-refractivity contribution >= 4 is 5.69 Å². The molecule has 20 heavy (non-hydrogen) atoms. The van der Waals surface area contributed by atoms with Gasteiger partial charge in [-0.05, 0) is 36.4 Å². The molecule has 0 aliphatic rings. The second kappa shape index (κ2) is 6.36. The molecule has 0 fully saturated rings. The van der Waals surface area contributed by atoms with Gasteiger partial charge in [0.25, 0.3) is 5.69 Å². The van der Waals surface area contributed by atoms with Crippen molar-refractivity contribution in [3.05, 3.63) is 64.2 Å². The molecule has 0 aromatic heterocycles. The number of aliphatic hydroxyl groups excluding tert-OH is 1. The van der Waals surface area contributed by atoms with Crippen molar-refractivity contribution in [3.8, 4) is 23.3 Å². The first kappa shape index (κ1) is 13.6. The summed E-state index contributed by atoms with van der Waals surface area (Å²) in [6.07, 6.45) is 0. The van der Waals surface area contributed by atoms with Gasteiger partial charge in [0, 0.05) is 17.7 Å². The van der Waals surface area contributed by atoms with Crippen LogP contribution < -0.4 is 4.74 Å². The minimum absolute atomic E-state index is 0.0203. The largest absolute Gasteiger partial charge is 0.457 e. The molecule has 0 saturated carbocycles. The average Bonchev–Trinajstić information content (AvgIpc) is 2.47. The summed E-state index contributed by atoms with van der Waals surface area (Å²) in [5.74, 6) is 6.45. The lowest BCUT2D eigenvalue weighted by Gasteiger charge is -2.05. The van der Waals surface area contributed by atoms with Crippen LogP contribution in [-0.2, 0) is 0 Å². The van der Waals surface area contributed by atoms with E-state index in [9.17, 15) is 10.1 Å². The number of nitrogens with zero attached hydrogens (tertiary/aromatic N) is 1. The van der Waals surface area contributed by atoms with Gasteiger partial charge in [0.2, 0.25) is 0 Å². The van der Waals surface area contributed by atoms with Crippen LogP contribution in [0.3, 0.4) is 0 Å². The molecule has 0 aliphatic heterocycles. The summed E-state index contributed by atoms with van der Waals surface area (Å²) in [5.41, 5.74) is 0.794. The standard InChI is InChI=1S/C15H11NO4/c17-11-1-2-12-3-7-14(8-4-12)20-15-9-5-13(6-10-15)16(18)19/h3-10,17H,11H2. The minimum Gasteiger partial charge on any atom is -0.457 e. The zero-order valence-electron chi connectivity index (χ0n) is 10.4. The Morgan fingerprint density at radius 1 is 1.05 bits per heavy atom. The van der Waals surface area contributed by atoms with E-state index in [2.05, 4.69) is 11.8 Å². The average molecular weight is 269 g/mol. The molecular formula is C15H11NO4. The molecule has 2 aromatic carbocycles. The Bertz CT molecular complexity index is 651. The van der Waals surface area contributed by atoms with Gasteiger partial charge in [-0.2, -0.15) is 0 Å². The van der Waals surface area contributed by atoms with E-state index in [1.54, 1.807) is 24.3 Å². The summed E-state index contributed by atoms with van der Waals surface area (Å²) in [6, 6.07) is 12.9. The van der Waals surface area contributed by atoms with Crippen molar-refractivity contribution in [1.29, 1.82) is 0 Å². The van der Waals surface area contributed by atoms with E-state index in [1.807, 2.05) is 0 Å². The van der Waals surface area contributed by atoms with Crippen LogP contribution in [0.15, 0.2) is 48.5 Å². The Balaban J connectivity index is 2.08. The molecule has 2 aromatic rings. The molecule has 0 radical (unpaired) electrons. The molecule has 0 aliphatic carbocycles. The second-order valence-electron chi connectivity index (χ2n) is 3.84. The number of aliphatic hydroxyl groups is 1. The van der Waals surface area contributed by atoms with Gasteiger partial charge in [-0.25, -0.2) is 0 Å². The molecule has 0 bridgehead atoms. The molecule has 1 N–H and O–H groups in total. The molecule has 0 amide bonds. The van der Waals surface area contributed by atoms with Crippen LogP contribution >= 0.6 is 0 Å². The van der Waals surface area contributed by atoms with Crippen molar-refractivity contribution in [2.45, 2.75) is 0 Å². The molecule has 0 heterocycles. The van der Waals surface area contributed by atoms with E-state index in [1.165, 1.54) is 24.3 Å². The smallest absolute Gasteiger partial charge is 0.269 e. The monoisotopic (exact) mass is 269 g/mol. The first-order valence-corrected chi connectivity index (χ1v) is 5.81. The number of hydrogen-bond acceptors (Lipinski definition) is 4. The van der Waals surface area contributed by atoms with Crippen molar-refractivity contribution in [2.24, 2.45) is 0 Å². The van der Waals surface area contributed by atoms with Crippen molar-refractivity contribution in [2.75, 3.05) is 6.61 Å². The lowest BCUT2D eigenvalue weighted by molar-refractivity contribution is -0.384. The molecule has 0 unspecified atom stereocenters. The van der Waals surface area contributed by atoms with Gasteiger partial charge < -0.3 is 9.84 Å². The number of nitro benzene ring substituents is 1. The van der Waals surface area contributed by atoms with E-state index < -0.39 is 4.92 Å². The summed E-state index contributed by atoms with van der Waals surface area (Å²) in [5, 5.41) is 19.1. The third-order valence-electron chi connectivity index (χ3n) is 2.45. The predicted molar refractivity (Wildman–Crippen MR) is 73.6 cm³/mol. The summed E-state index contributed by atoms with van der Waals surface area (Å²) >= 11 is 0. The topological polar surface area (TPSA) is 72.6 Å². The lowest BCUT2D eigenvalue weighted by Crippen LogP contribution is -1.88. The van der Waals surface area contributed by atoms with Crippen LogP contribution in [0.25, 0.3) is 0 Å². The Labute approximate surface area is 115 Å². The van der Waals surface area contributed by atoms with Gasteiger partial charge in [-0.15, -0.1) is 0 Å². The number of nitro groups is 1. The molecule has 5 nitrogen and oxygen atoms in total. The van der Waals surface area contributed by atoms with Crippen LogP contribution in [0.2, 0.25) is 0 Å². The number of non-ortho nitro benzene ring substituents is 1. The molecule has 0 spiro atoms. The minimum atomic E-state index is -0.460. The molecule has 2 rings (SSSR count). The number of ether oxygens (including phenoxy) is 1. The fourth-order valence-corrected chi connectivity index (χ4v) is 1.52. The summed E-state index contributed by atoms with van der Waals surface area (Å²) in [6.45, 7) is -0.180. The Morgan fingerprint density at radius 2 is 1.60 bits per heavy atom. The van der Waals surface area contributed by atoms with Gasteiger partial charge in [-0.3, -0.25) is 10.1 Å². The molecule has 0 saturated heterocycles. The third-order valence-corrected chi connectivity index (χ3v) is 2.45. The zero-order chi connectivity index (χ0) is 14.4. The first-order valence-electron chi connectivity index (χ1n) is 5.81. The van der Waals surface area contributed by atoms with Crippen molar-refractivity contribution in [1.82, 2.24) is 0 Å². The van der Waals surface area contributed by atoms with Gasteiger partial charge in [0.05, 0.1) is 4.92 Å². The fourth-order valence-electron chi connectivity index (χ4n) is 1.52. The second-order valence-corrected chi connectivity index (χ2v) is 3.84. The SMILES string of the molecule is O=[N+]([O-])c1ccc(Oc2ccc(C#CCO)cc2)cc1. The normalized spacial score (nSPS) is 9.45. The molecule has 100 valence electrons. The highest BCUT2D eigenvalue weighted by Gasteiger charge is 2.04. The zero-order valence-corrected chi connectivity index (χ0v) is 10.4. The highest BCUT2D eigenvalue weighted by atomic mass is 16.6. The maximum absolute atomic E-state index is 10.5. The van der Waals surface area contributed by atoms with Gasteiger partial charge in [-0.1, -0.05) is 11.8 Å². The number of benzene rings is 2. The van der Waals surface area contributed by atoms with Crippen LogP contribution in [0.4, 0.5) is 5.69 Å². The Morgan fingerprint density at radius 3 is 2.10 bits per heavy atom. The van der Waals surface area contributed by atoms with E-state index in [-0.39, 0.29) is 12.3 Å². The van der Waals surface area contributed by atoms with E-state index in [0.29, 0.717) is 11.5 Å². The Kier molecular flexibility index (Phi) is 4.32. The van der Waals surface area contributed by atoms with Gasteiger partial charge >= 0.3 is 0 Å². The maximum Gasteiger partial charge on any atom is 0.269 e. The fraction of sp³-hybridized carbons (Fsp3) is 0.0667. The highest BCUT2D eigenvalue weighted by molar-refractivity contribution is 5.41.